The second kappa shape index (κ2) is 8.31. The van der Waals surface area contributed by atoms with Crippen molar-refractivity contribution in [2.24, 2.45) is 0 Å². The van der Waals surface area contributed by atoms with Crippen LogP contribution in [-0.4, -0.2) is 30.1 Å². The Morgan fingerprint density at radius 1 is 1.04 bits per heavy atom. The highest BCUT2D eigenvalue weighted by Crippen LogP contribution is 2.20. The predicted octanol–water partition coefficient (Wildman–Crippen LogP) is 2.86. The first-order valence-electron chi connectivity index (χ1n) is 8.66. The molecule has 0 aromatic heterocycles. The Morgan fingerprint density at radius 2 is 1.68 bits per heavy atom. The van der Waals surface area contributed by atoms with Crippen molar-refractivity contribution >= 4 is 29.5 Å². The molecule has 2 aromatic carbocycles. The van der Waals surface area contributed by atoms with E-state index in [1.165, 1.54) is 0 Å². The van der Waals surface area contributed by atoms with E-state index in [9.17, 15) is 14.4 Å². The van der Waals surface area contributed by atoms with Gasteiger partial charge in [0.2, 0.25) is 0 Å². The highest BCUT2D eigenvalue weighted by atomic mass is 35.5. The second-order valence-corrected chi connectivity index (χ2v) is 7.04. The van der Waals surface area contributed by atoms with Crippen LogP contribution >= 0.6 is 11.6 Å². The van der Waals surface area contributed by atoms with Gasteiger partial charge in [-0.15, -0.1) is 0 Å². The van der Waals surface area contributed by atoms with Crippen LogP contribution in [0, 0.1) is 0 Å². The molecule has 28 heavy (non-hydrogen) atoms. The minimum absolute atomic E-state index is 0.226. The van der Waals surface area contributed by atoms with E-state index in [1.54, 1.807) is 55.5 Å². The van der Waals surface area contributed by atoms with Crippen molar-refractivity contribution in [2.45, 2.75) is 25.3 Å². The Kier molecular flexibility index (Phi) is 5.84. The molecule has 0 radical (unpaired) electrons. The summed E-state index contributed by atoms with van der Waals surface area (Å²) in [4.78, 5) is 35.0. The van der Waals surface area contributed by atoms with Gasteiger partial charge in [0, 0.05) is 5.02 Å². The molecule has 0 bridgehead atoms. The van der Waals surface area contributed by atoms with E-state index in [0.717, 1.165) is 5.56 Å². The summed E-state index contributed by atoms with van der Waals surface area (Å²) in [7, 11) is 0. The smallest absolute Gasteiger partial charge is 0.349 e. The van der Waals surface area contributed by atoms with Crippen LogP contribution in [0.1, 0.15) is 18.9 Å². The number of aryl methyl sites for hydroxylation is 1. The van der Waals surface area contributed by atoms with E-state index in [0.29, 0.717) is 29.4 Å². The van der Waals surface area contributed by atoms with Gasteiger partial charge in [-0.3, -0.25) is 10.1 Å². The summed E-state index contributed by atoms with van der Waals surface area (Å²) < 4.78 is 10.6. The Bertz CT molecular complexity index is 882. The third-order valence-corrected chi connectivity index (χ3v) is 4.61. The molecule has 146 valence electrons. The summed E-state index contributed by atoms with van der Waals surface area (Å²) in [6.07, 6.45) is 1.04. The third-order valence-electron chi connectivity index (χ3n) is 4.36. The molecule has 0 aliphatic carbocycles. The lowest BCUT2D eigenvalue weighted by atomic mass is 9.93. The summed E-state index contributed by atoms with van der Waals surface area (Å²) >= 11 is 5.79. The fourth-order valence-electron chi connectivity index (χ4n) is 2.71. The van der Waals surface area contributed by atoms with Crippen LogP contribution in [0.3, 0.4) is 0 Å². The first-order valence-corrected chi connectivity index (χ1v) is 9.03. The van der Waals surface area contributed by atoms with Crippen LogP contribution in [0.5, 0.6) is 11.5 Å². The van der Waals surface area contributed by atoms with Gasteiger partial charge in [-0.05, 0) is 61.7 Å². The lowest BCUT2D eigenvalue weighted by Gasteiger charge is -2.20. The van der Waals surface area contributed by atoms with E-state index in [-0.39, 0.29) is 12.5 Å². The zero-order chi connectivity index (χ0) is 20.1. The first-order chi connectivity index (χ1) is 13.3. The number of amides is 3. The van der Waals surface area contributed by atoms with Gasteiger partial charge in [-0.2, -0.15) is 0 Å². The Morgan fingerprint density at radius 3 is 2.29 bits per heavy atom. The standard InChI is InChI=1S/C20H19ClN2O5/c1-20(18(25)22-19(26)23-20)11-10-13-2-6-16(7-3-13)28-17(24)12-27-15-8-4-14(21)5-9-15/h2-9H,10-12H2,1H3,(H2,22,23,25,26)/t20-/m0/s1. The number of benzene rings is 2. The van der Waals surface area contributed by atoms with Gasteiger partial charge in [-0.25, -0.2) is 9.59 Å². The first kappa shape index (κ1) is 19.7. The number of halogens is 1. The molecule has 1 atom stereocenters. The maximum Gasteiger partial charge on any atom is 0.349 e. The van der Waals surface area contributed by atoms with Gasteiger partial charge >= 0.3 is 12.0 Å². The molecule has 1 aliphatic rings. The highest BCUT2D eigenvalue weighted by molar-refractivity contribution is 6.30. The summed E-state index contributed by atoms with van der Waals surface area (Å²) in [5, 5.41) is 5.45. The van der Waals surface area contributed by atoms with Crippen LogP contribution in [0.25, 0.3) is 0 Å². The van der Waals surface area contributed by atoms with E-state index in [1.807, 2.05) is 0 Å². The Hall–Kier alpha value is -3.06. The number of rotatable bonds is 7. The molecule has 2 aromatic rings. The molecule has 0 saturated carbocycles. The summed E-state index contributed by atoms with van der Waals surface area (Å²) in [5.41, 5.74) is 0.0358. The Balaban J connectivity index is 1.47. The van der Waals surface area contributed by atoms with Crippen LogP contribution in [0.4, 0.5) is 4.79 Å². The van der Waals surface area contributed by atoms with Crippen molar-refractivity contribution in [3.8, 4) is 11.5 Å². The minimum atomic E-state index is -0.915. The van der Waals surface area contributed by atoms with Gasteiger partial charge in [0.1, 0.15) is 17.0 Å². The average Bonchev–Trinajstić information content (AvgIpc) is 2.93. The molecule has 2 N–H and O–H groups in total. The van der Waals surface area contributed by atoms with Crippen LogP contribution in [0.15, 0.2) is 48.5 Å². The molecule has 0 spiro atoms. The predicted molar refractivity (Wildman–Crippen MR) is 102 cm³/mol. The van der Waals surface area contributed by atoms with Crippen molar-refractivity contribution < 1.29 is 23.9 Å². The topological polar surface area (TPSA) is 93.7 Å². The molecule has 3 amide bonds. The van der Waals surface area contributed by atoms with Crippen molar-refractivity contribution in [1.29, 1.82) is 0 Å². The molecule has 8 heteroatoms. The highest BCUT2D eigenvalue weighted by Gasteiger charge is 2.41. The van der Waals surface area contributed by atoms with Gasteiger partial charge in [-0.1, -0.05) is 23.7 Å². The SMILES string of the molecule is C[C@@]1(CCc2ccc(OC(=O)COc3ccc(Cl)cc3)cc2)NC(=O)NC1=O. The fraction of sp³-hybridized carbons (Fsp3) is 0.250. The normalized spacial score (nSPS) is 18.4. The molecule has 1 fully saturated rings. The van der Waals surface area contributed by atoms with Crippen LogP contribution in [0.2, 0.25) is 5.02 Å². The monoisotopic (exact) mass is 402 g/mol. The van der Waals surface area contributed by atoms with Gasteiger partial charge < -0.3 is 14.8 Å². The van der Waals surface area contributed by atoms with Crippen molar-refractivity contribution in [3.63, 3.8) is 0 Å². The van der Waals surface area contributed by atoms with Crippen LogP contribution in [-0.2, 0) is 16.0 Å². The minimum Gasteiger partial charge on any atom is -0.482 e. The number of carbonyl (C=O) groups is 3. The van der Waals surface area contributed by atoms with E-state index in [2.05, 4.69) is 10.6 Å². The maximum absolute atomic E-state index is 11.9. The quantitative estimate of drug-likeness (QED) is 0.422. The van der Waals surface area contributed by atoms with Crippen LogP contribution < -0.4 is 20.1 Å². The molecule has 1 heterocycles. The molecule has 1 aliphatic heterocycles. The number of ether oxygens (including phenoxy) is 2. The third kappa shape index (κ3) is 5.01. The van der Waals surface area contributed by atoms with Gasteiger partial charge in [0.15, 0.2) is 6.61 Å². The lowest BCUT2D eigenvalue weighted by Crippen LogP contribution is -2.43. The zero-order valence-corrected chi connectivity index (χ0v) is 15.9. The molecule has 7 nitrogen and oxygen atoms in total. The Labute approximate surface area is 167 Å². The van der Waals surface area contributed by atoms with E-state index >= 15 is 0 Å². The second-order valence-electron chi connectivity index (χ2n) is 6.60. The molecule has 0 unspecified atom stereocenters. The molecule has 3 rings (SSSR count). The van der Waals surface area contributed by atoms with Crippen molar-refractivity contribution in [1.82, 2.24) is 10.6 Å². The van der Waals surface area contributed by atoms with E-state index in [4.69, 9.17) is 21.1 Å². The van der Waals surface area contributed by atoms with Gasteiger partial charge in [0.05, 0.1) is 0 Å². The lowest BCUT2D eigenvalue weighted by molar-refractivity contribution is -0.136. The van der Waals surface area contributed by atoms with Crippen molar-refractivity contribution in [2.75, 3.05) is 6.61 Å². The number of hydrogen-bond acceptors (Lipinski definition) is 5. The largest absolute Gasteiger partial charge is 0.482 e. The summed E-state index contributed by atoms with van der Waals surface area (Å²) in [6, 6.07) is 13.1. The number of urea groups is 1. The number of imide groups is 1. The molecular weight excluding hydrogens is 384 g/mol. The number of nitrogens with one attached hydrogen (secondary N) is 2. The maximum atomic E-state index is 11.9. The average molecular weight is 403 g/mol. The van der Waals surface area contributed by atoms with Crippen molar-refractivity contribution in [3.05, 3.63) is 59.1 Å². The summed E-state index contributed by atoms with van der Waals surface area (Å²) in [5.74, 6) is 0.0594. The number of carbonyl (C=O) groups excluding carboxylic acids is 3. The van der Waals surface area contributed by atoms with E-state index < -0.39 is 17.5 Å². The zero-order valence-electron chi connectivity index (χ0n) is 15.2. The molecule has 1 saturated heterocycles. The van der Waals surface area contributed by atoms with Gasteiger partial charge in [0.25, 0.3) is 5.91 Å². The fourth-order valence-corrected chi connectivity index (χ4v) is 2.83. The summed E-state index contributed by atoms with van der Waals surface area (Å²) in [6.45, 7) is 1.46. The number of esters is 1. The number of hydrogen-bond donors (Lipinski definition) is 2. The molecular formula is C20H19ClN2O5.